The van der Waals surface area contributed by atoms with Gasteiger partial charge in [-0.25, -0.2) is 0 Å². The van der Waals surface area contributed by atoms with Crippen molar-refractivity contribution in [1.82, 2.24) is 4.98 Å². The number of hydrogen-bond donors (Lipinski definition) is 2. The van der Waals surface area contributed by atoms with Gasteiger partial charge in [-0.1, -0.05) is 0 Å². The highest BCUT2D eigenvalue weighted by atomic mass is 35.5. The monoisotopic (exact) mass is 189 g/mol. The van der Waals surface area contributed by atoms with Crippen LogP contribution in [-0.4, -0.2) is 15.2 Å². The molecule has 12 heavy (non-hydrogen) atoms. The summed E-state index contributed by atoms with van der Waals surface area (Å²) in [6, 6.07) is 0. The molecule has 0 unspecified atom stereocenters. The number of aryl methyl sites for hydroxylation is 1. The van der Waals surface area contributed by atoms with Gasteiger partial charge in [0, 0.05) is 11.8 Å². The van der Waals surface area contributed by atoms with Crippen LogP contribution < -0.4 is 0 Å². The third-order valence-electron chi connectivity index (χ3n) is 1.76. The Labute approximate surface area is 77.5 Å². The Morgan fingerprint density at radius 3 is 2.50 bits per heavy atom. The highest BCUT2D eigenvalue weighted by Gasteiger charge is 2.05. The van der Waals surface area contributed by atoms with Crippen molar-refractivity contribution in [2.45, 2.75) is 20.5 Å². The zero-order valence-corrected chi connectivity index (χ0v) is 7.85. The predicted molar refractivity (Wildman–Crippen MR) is 48.5 cm³/mol. The SMILES string of the molecule is Cc1ncc(CO)c(C)c1O.Cl. The van der Waals surface area contributed by atoms with E-state index < -0.39 is 0 Å². The van der Waals surface area contributed by atoms with E-state index in [1.807, 2.05) is 0 Å². The molecule has 0 spiro atoms. The number of aliphatic hydroxyl groups excluding tert-OH is 1. The van der Waals surface area contributed by atoms with Crippen molar-refractivity contribution < 1.29 is 10.2 Å². The zero-order valence-electron chi connectivity index (χ0n) is 7.03. The highest BCUT2D eigenvalue weighted by Crippen LogP contribution is 2.21. The second kappa shape index (κ2) is 4.28. The first-order valence-corrected chi connectivity index (χ1v) is 3.41. The standard InChI is InChI=1S/C8H11NO2.ClH/c1-5-7(4-10)3-9-6(2)8(5)11;/h3,10-11H,4H2,1-2H3;1H. The highest BCUT2D eigenvalue weighted by molar-refractivity contribution is 5.85. The number of rotatable bonds is 1. The Balaban J connectivity index is 0.00000121. The van der Waals surface area contributed by atoms with E-state index in [1.54, 1.807) is 20.0 Å². The number of aromatic nitrogens is 1. The first-order valence-electron chi connectivity index (χ1n) is 3.41. The molecule has 0 aliphatic carbocycles. The molecular weight excluding hydrogens is 178 g/mol. The molecule has 1 heterocycles. The maximum absolute atomic E-state index is 9.34. The minimum atomic E-state index is -0.0767. The van der Waals surface area contributed by atoms with E-state index in [4.69, 9.17) is 5.11 Å². The van der Waals surface area contributed by atoms with Crippen molar-refractivity contribution in [3.05, 3.63) is 23.0 Å². The van der Waals surface area contributed by atoms with Crippen LogP contribution in [0.3, 0.4) is 0 Å². The second-order valence-corrected chi connectivity index (χ2v) is 2.50. The van der Waals surface area contributed by atoms with Gasteiger partial charge in [-0.15, -0.1) is 12.4 Å². The molecule has 1 aromatic rings. The van der Waals surface area contributed by atoms with Crippen LogP contribution in [0.15, 0.2) is 6.20 Å². The summed E-state index contributed by atoms with van der Waals surface area (Å²) in [6.07, 6.45) is 1.57. The Morgan fingerprint density at radius 2 is 2.00 bits per heavy atom. The molecule has 2 N–H and O–H groups in total. The predicted octanol–water partition coefficient (Wildman–Crippen LogP) is 1.32. The molecule has 0 aliphatic rings. The molecule has 0 saturated carbocycles. The van der Waals surface area contributed by atoms with Gasteiger partial charge in [-0.05, 0) is 19.4 Å². The molecule has 3 nitrogen and oxygen atoms in total. The Hall–Kier alpha value is -0.800. The summed E-state index contributed by atoms with van der Waals surface area (Å²) in [4.78, 5) is 3.90. The van der Waals surface area contributed by atoms with E-state index in [2.05, 4.69) is 4.98 Å². The van der Waals surface area contributed by atoms with Crippen LogP contribution >= 0.6 is 12.4 Å². The quantitative estimate of drug-likeness (QED) is 0.701. The molecule has 0 atom stereocenters. The van der Waals surface area contributed by atoms with Crippen LogP contribution in [0.2, 0.25) is 0 Å². The van der Waals surface area contributed by atoms with E-state index in [1.165, 1.54) is 0 Å². The summed E-state index contributed by atoms with van der Waals surface area (Å²) in [7, 11) is 0. The number of hydrogen-bond acceptors (Lipinski definition) is 3. The summed E-state index contributed by atoms with van der Waals surface area (Å²) >= 11 is 0. The van der Waals surface area contributed by atoms with Gasteiger partial charge >= 0.3 is 0 Å². The molecule has 0 radical (unpaired) electrons. The van der Waals surface area contributed by atoms with Gasteiger partial charge in [0.15, 0.2) is 0 Å². The molecule has 68 valence electrons. The minimum Gasteiger partial charge on any atom is -0.506 e. The Morgan fingerprint density at radius 1 is 1.42 bits per heavy atom. The Kier molecular flexibility index (Phi) is 4.00. The van der Waals surface area contributed by atoms with Crippen molar-refractivity contribution in [2.75, 3.05) is 0 Å². The second-order valence-electron chi connectivity index (χ2n) is 2.50. The van der Waals surface area contributed by atoms with E-state index in [9.17, 15) is 5.11 Å². The van der Waals surface area contributed by atoms with Crippen molar-refractivity contribution in [1.29, 1.82) is 0 Å². The minimum absolute atomic E-state index is 0. The molecule has 1 aromatic heterocycles. The van der Waals surface area contributed by atoms with Crippen LogP contribution in [0.1, 0.15) is 16.8 Å². The number of aliphatic hydroxyl groups is 1. The summed E-state index contributed by atoms with van der Waals surface area (Å²) < 4.78 is 0. The fourth-order valence-corrected chi connectivity index (χ4v) is 0.916. The van der Waals surface area contributed by atoms with Crippen LogP contribution in [0.4, 0.5) is 0 Å². The van der Waals surface area contributed by atoms with Crippen molar-refractivity contribution >= 4 is 12.4 Å². The van der Waals surface area contributed by atoms with Crippen molar-refractivity contribution in [3.8, 4) is 5.75 Å². The molecule has 1 rings (SSSR count). The van der Waals surface area contributed by atoms with Crippen LogP contribution in [0.5, 0.6) is 5.75 Å². The maximum atomic E-state index is 9.34. The summed E-state index contributed by atoms with van der Waals surface area (Å²) in [5.74, 6) is 0.177. The van der Waals surface area contributed by atoms with Crippen LogP contribution in [0.25, 0.3) is 0 Å². The third-order valence-corrected chi connectivity index (χ3v) is 1.76. The third kappa shape index (κ3) is 1.87. The van der Waals surface area contributed by atoms with Crippen LogP contribution in [0, 0.1) is 13.8 Å². The lowest BCUT2D eigenvalue weighted by Crippen LogP contribution is -1.93. The Bertz CT molecular complexity index is 276. The van der Waals surface area contributed by atoms with E-state index in [0.29, 0.717) is 16.8 Å². The van der Waals surface area contributed by atoms with Gasteiger partial charge in [0.25, 0.3) is 0 Å². The van der Waals surface area contributed by atoms with Gasteiger partial charge in [0.1, 0.15) is 5.75 Å². The lowest BCUT2D eigenvalue weighted by atomic mass is 10.1. The summed E-state index contributed by atoms with van der Waals surface area (Å²) in [5.41, 5.74) is 1.98. The number of pyridine rings is 1. The first kappa shape index (κ1) is 11.2. The average Bonchev–Trinajstić information content (AvgIpc) is 2.01. The van der Waals surface area contributed by atoms with Crippen molar-refractivity contribution in [2.24, 2.45) is 0 Å². The number of halogens is 1. The lowest BCUT2D eigenvalue weighted by molar-refractivity contribution is 0.279. The molecule has 0 fully saturated rings. The molecule has 0 amide bonds. The molecule has 0 aromatic carbocycles. The fraction of sp³-hybridized carbons (Fsp3) is 0.375. The van der Waals surface area contributed by atoms with Gasteiger partial charge < -0.3 is 10.2 Å². The van der Waals surface area contributed by atoms with Crippen molar-refractivity contribution in [3.63, 3.8) is 0 Å². The van der Waals surface area contributed by atoms with Crippen LogP contribution in [-0.2, 0) is 6.61 Å². The number of nitrogens with zero attached hydrogens (tertiary/aromatic N) is 1. The maximum Gasteiger partial charge on any atom is 0.140 e. The smallest absolute Gasteiger partial charge is 0.140 e. The zero-order chi connectivity index (χ0) is 8.43. The fourth-order valence-electron chi connectivity index (χ4n) is 0.916. The lowest BCUT2D eigenvalue weighted by Gasteiger charge is -2.05. The summed E-state index contributed by atoms with van der Waals surface area (Å²) in [5, 5.41) is 18.1. The van der Waals surface area contributed by atoms with Gasteiger partial charge in [-0.2, -0.15) is 0 Å². The largest absolute Gasteiger partial charge is 0.506 e. The summed E-state index contributed by atoms with van der Waals surface area (Å²) in [6.45, 7) is 3.41. The molecule has 0 aliphatic heterocycles. The topological polar surface area (TPSA) is 53.4 Å². The van der Waals surface area contributed by atoms with Gasteiger partial charge in [0.05, 0.1) is 12.3 Å². The molecule has 0 saturated heterocycles. The number of aromatic hydroxyl groups is 1. The van der Waals surface area contributed by atoms with Gasteiger partial charge in [-0.3, -0.25) is 4.98 Å². The normalized spacial score (nSPS) is 9.25. The molecule has 4 heteroatoms. The first-order chi connectivity index (χ1) is 5.16. The van der Waals surface area contributed by atoms with E-state index in [0.717, 1.165) is 0 Å². The molecule has 0 bridgehead atoms. The van der Waals surface area contributed by atoms with E-state index in [-0.39, 0.29) is 24.8 Å². The molecular formula is C8H12ClNO2. The van der Waals surface area contributed by atoms with E-state index >= 15 is 0 Å². The average molecular weight is 190 g/mol. The van der Waals surface area contributed by atoms with Gasteiger partial charge in [0.2, 0.25) is 0 Å².